The van der Waals surface area contributed by atoms with E-state index in [1.165, 1.54) is 30.4 Å². The van der Waals surface area contributed by atoms with Crippen molar-refractivity contribution in [2.75, 3.05) is 6.54 Å². The van der Waals surface area contributed by atoms with Crippen molar-refractivity contribution < 1.29 is 17.6 Å². The van der Waals surface area contributed by atoms with Crippen molar-refractivity contribution in [1.82, 2.24) is 5.32 Å². The summed E-state index contributed by atoms with van der Waals surface area (Å²) in [5, 5.41) is 3.59. The van der Waals surface area contributed by atoms with Gasteiger partial charge in [0.15, 0.2) is 9.84 Å². The zero-order chi connectivity index (χ0) is 21.2. The van der Waals surface area contributed by atoms with Crippen molar-refractivity contribution in [1.29, 1.82) is 0 Å². The van der Waals surface area contributed by atoms with Gasteiger partial charge in [-0.05, 0) is 68.1 Å². The number of amides is 1. The van der Waals surface area contributed by atoms with Crippen molar-refractivity contribution in [3.8, 4) is 0 Å². The van der Waals surface area contributed by atoms with Crippen LogP contribution in [0.5, 0.6) is 0 Å². The van der Waals surface area contributed by atoms with Crippen molar-refractivity contribution in [3.05, 3.63) is 86.9 Å². The van der Waals surface area contributed by atoms with Gasteiger partial charge in [0.1, 0.15) is 11.1 Å². The minimum atomic E-state index is -3.83. The van der Waals surface area contributed by atoms with E-state index in [0.717, 1.165) is 17.2 Å². The van der Waals surface area contributed by atoms with Crippen LogP contribution in [0.15, 0.2) is 58.8 Å². The number of hydrogen-bond acceptors (Lipinski definition) is 4. The fourth-order valence-electron chi connectivity index (χ4n) is 3.19. The van der Waals surface area contributed by atoms with Crippen molar-refractivity contribution in [3.63, 3.8) is 0 Å². The molecular weight excluding hydrogens is 409 g/mol. The van der Waals surface area contributed by atoms with Gasteiger partial charge in [0.25, 0.3) is 5.91 Å². The average molecular weight is 432 g/mol. The van der Waals surface area contributed by atoms with Crippen LogP contribution in [0.4, 0.5) is 4.39 Å². The van der Waals surface area contributed by atoms with Crippen LogP contribution in [-0.4, -0.2) is 20.9 Å². The first kappa shape index (κ1) is 21.2. The van der Waals surface area contributed by atoms with Gasteiger partial charge in [-0.15, -0.1) is 11.3 Å². The van der Waals surface area contributed by atoms with Gasteiger partial charge in [-0.25, -0.2) is 12.8 Å². The number of nitrogens with one attached hydrogen (secondary N) is 1. The van der Waals surface area contributed by atoms with E-state index in [4.69, 9.17) is 0 Å². The minimum Gasteiger partial charge on any atom is -0.350 e. The number of halogens is 1. The Labute approximate surface area is 174 Å². The smallest absolute Gasteiger partial charge is 0.251 e. The van der Waals surface area contributed by atoms with E-state index >= 15 is 0 Å². The third-order valence-corrected chi connectivity index (χ3v) is 7.84. The SMILES string of the molecule is Cc1cc(C)cc(C(=O)NC[C@H](c2cccs2)S(=O)(=O)c2ccc(F)c(C)c2)c1. The summed E-state index contributed by atoms with van der Waals surface area (Å²) < 4.78 is 40.2. The first-order chi connectivity index (χ1) is 13.7. The predicted molar refractivity (Wildman–Crippen MR) is 114 cm³/mol. The van der Waals surface area contributed by atoms with Crippen LogP contribution < -0.4 is 5.32 Å². The van der Waals surface area contributed by atoms with E-state index in [9.17, 15) is 17.6 Å². The van der Waals surface area contributed by atoms with E-state index < -0.39 is 20.9 Å². The van der Waals surface area contributed by atoms with E-state index in [0.29, 0.717) is 10.4 Å². The number of carbonyl (C=O) groups is 1. The van der Waals surface area contributed by atoms with Crippen molar-refractivity contribution in [2.24, 2.45) is 0 Å². The molecule has 0 aliphatic heterocycles. The van der Waals surface area contributed by atoms with Crippen LogP contribution >= 0.6 is 11.3 Å². The second-order valence-corrected chi connectivity index (χ2v) is 10.2. The number of thiophene rings is 1. The molecule has 1 amide bonds. The third-order valence-electron chi connectivity index (χ3n) is 4.62. The van der Waals surface area contributed by atoms with Gasteiger partial charge in [-0.2, -0.15) is 0 Å². The maximum absolute atomic E-state index is 13.6. The Morgan fingerprint density at radius 2 is 1.76 bits per heavy atom. The average Bonchev–Trinajstić information content (AvgIpc) is 3.17. The molecule has 0 bridgehead atoms. The highest BCUT2D eigenvalue weighted by Crippen LogP contribution is 2.32. The maximum atomic E-state index is 13.6. The van der Waals surface area contributed by atoms with Gasteiger partial charge in [-0.3, -0.25) is 4.79 Å². The summed E-state index contributed by atoms with van der Waals surface area (Å²) in [5.74, 6) is -0.788. The number of hydrogen-bond donors (Lipinski definition) is 1. The molecule has 1 N–H and O–H groups in total. The number of aryl methyl sites for hydroxylation is 3. The molecule has 2 aromatic carbocycles. The Kier molecular flexibility index (Phi) is 6.19. The third kappa shape index (κ3) is 4.74. The van der Waals surface area contributed by atoms with E-state index in [1.54, 1.807) is 29.6 Å². The van der Waals surface area contributed by atoms with Crippen LogP contribution in [0.1, 0.15) is 37.2 Å². The Balaban J connectivity index is 1.90. The van der Waals surface area contributed by atoms with Gasteiger partial charge in [0.2, 0.25) is 0 Å². The standard InChI is InChI=1S/C22H22FNO3S2/c1-14-9-15(2)11-17(10-14)22(25)24-13-21(20-5-4-8-28-20)29(26,27)18-6-7-19(23)16(3)12-18/h4-12,21H,13H2,1-3H3,(H,24,25)/t21-/m1/s1. The first-order valence-electron chi connectivity index (χ1n) is 9.08. The predicted octanol–water partition coefficient (Wildman–Crippen LogP) is 4.76. The molecule has 29 heavy (non-hydrogen) atoms. The second kappa shape index (κ2) is 8.47. The molecule has 0 fully saturated rings. The van der Waals surface area contributed by atoms with Crippen molar-refractivity contribution in [2.45, 2.75) is 30.9 Å². The molecule has 3 rings (SSSR count). The van der Waals surface area contributed by atoms with Crippen molar-refractivity contribution >= 4 is 27.1 Å². The summed E-state index contributed by atoms with van der Waals surface area (Å²) in [7, 11) is -3.83. The summed E-state index contributed by atoms with van der Waals surface area (Å²) in [6.07, 6.45) is 0. The van der Waals surface area contributed by atoms with Gasteiger partial charge in [0.05, 0.1) is 4.90 Å². The lowest BCUT2D eigenvalue weighted by molar-refractivity contribution is 0.0953. The summed E-state index contributed by atoms with van der Waals surface area (Å²) in [6.45, 7) is 5.25. The molecule has 1 heterocycles. The molecule has 1 atom stereocenters. The molecule has 0 unspecified atom stereocenters. The molecule has 0 radical (unpaired) electrons. The molecule has 1 aromatic heterocycles. The van der Waals surface area contributed by atoms with E-state index in [-0.39, 0.29) is 22.9 Å². The lowest BCUT2D eigenvalue weighted by Gasteiger charge is -2.18. The fourth-order valence-corrected chi connectivity index (χ4v) is 6.06. The van der Waals surface area contributed by atoms with E-state index in [1.807, 2.05) is 19.9 Å². The zero-order valence-corrected chi connectivity index (χ0v) is 18.0. The van der Waals surface area contributed by atoms with Crippen LogP contribution in [0.2, 0.25) is 0 Å². The first-order valence-corrected chi connectivity index (χ1v) is 11.5. The quantitative estimate of drug-likeness (QED) is 0.573. The van der Waals surface area contributed by atoms with Crippen LogP contribution in [0.3, 0.4) is 0 Å². The Hall–Kier alpha value is -2.51. The topological polar surface area (TPSA) is 63.2 Å². The molecule has 0 aliphatic rings. The fraction of sp³-hybridized carbons (Fsp3) is 0.227. The van der Waals surface area contributed by atoms with Gasteiger partial charge >= 0.3 is 0 Å². The molecule has 0 saturated carbocycles. The summed E-state index contributed by atoms with van der Waals surface area (Å²) >= 11 is 1.31. The highest BCUT2D eigenvalue weighted by Gasteiger charge is 2.31. The molecule has 7 heteroatoms. The summed E-state index contributed by atoms with van der Waals surface area (Å²) in [6, 6.07) is 12.7. The number of carbonyl (C=O) groups excluding carboxylic acids is 1. The van der Waals surface area contributed by atoms with Crippen LogP contribution in [0.25, 0.3) is 0 Å². The highest BCUT2D eigenvalue weighted by molar-refractivity contribution is 7.91. The molecule has 0 spiro atoms. The Morgan fingerprint density at radius 1 is 1.07 bits per heavy atom. The monoisotopic (exact) mass is 431 g/mol. The highest BCUT2D eigenvalue weighted by atomic mass is 32.2. The molecular formula is C22H22FNO3S2. The Morgan fingerprint density at radius 3 is 2.34 bits per heavy atom. The molecule has 3 aromatic rings. The minimum absolute atomic E-state index is 0.0375. The lowest BCUT2D eigenvalue weighted by atomic mass is 10.1. The lowest BCUT2D eigenvalue weighted by Crippen LogP contribution is -2.31. The molecule has 152 valence electrons. The maximum Gasteiger partial charge on any atom is 0.251 e. The van der Waals surface area contributed by atoms with E-state index in [2.05, 4.69) is 5.32 Å². The number of rotatable bonds is 6. The van der Waals surface area contributed by atoms with Crippen LogP contribution in [0, 0.1) is 26.6 Å². The summed E-state index contributed by atoms with van der Waals surface area (Å²) in [4.78, 5) is 13.3. The molecule has 4 nitrogen and oxygen atoms in total. The largest absolute Gasteiger partial charge is 0.350 e. The van der Waals surface area contributed by atoms with Gasteiger partial charge in [0, 0.05) is 17.0 Å². The Bertz CT molecular complexity index is 1120. The number of sulfone groups is 1. The normalized spacial score (nSPS) is 12.6. The second-order valence-electron chi connectivity index (χ2n) is 7.05. The van der Waals surface area contributed by atoms with Crippen LogP contribution in [-0.2, 0) is 9.84 Å². The van der Waals surface area contributed by atoms with Gasteiger partial charge in [-0.1, -0.05) is 23.3 Å². The van der Waals surface area contributed by atoms with Gasteiger partial charge < -0.3 is 5.32 Å². The summed E-state index contributed by atoms with van der Waals surface area (Å²) in [5.41, 5.74) is 2.66. The molecule has 0 aliphatic carbocycles. The zero-order valence-electron chi connectivity index (χ0n) is 16.4. The number of benzene rings is 2. The molecule has 0 saturated heterocycles.